The lowest BCUT2D eigenvalue weighted by Crippen LogP contribution is -2.05. The second-order valence-electron chi connectivity index (χ2n) is 4.13. The summed E-state index contributed by atoms with van der Waals surface area (Å²) < 4.78 is 6.73. The lowest BCUT2D eigenvalue weighted by molar-refractivity contribution is -0.114. The van der Waals surface area contributed by atoms with Gasteiger partial charge in [0, 0.05) is 23.2 Å². The van der Waals surface area contributed by atoms with Crippen molar-refractivity contribution in [2.75, 3.05) is 5.32 Å². The van der Waals surface area contributed by atoms with E-state index in [0.29, 0.717) is 6.61 Å². The molecule has 2 aromatic carbocycles. The van der Waals surface area contributed by atoms with E-state index in [1.54, 1.807) is 6.07 Å². The van der Waals surface area contributed by atoms with Gasteiger partial charge in [-0.1, -0.05) is 34.1 Å². The highest BCUT2D eigenvalue weighted by molar-refractivity contribution is 9.10. The van der Waals surface area contributed by atoms with E-state index in [9.17, 15) is 4.79 Å². The van der Waals surface area contributed by atoms with Crippen molar-refractivity contribution < 1.29 is 9.53 Å². The first-order chi connectivity index (χ1) is 9.13. The number of benzene rings is 2. The molecule has 19 heavy (non-hydrogen) atoms. The molecule has 0 fully saturated rings. The van der Waals surface area contributed by atoms with E-state index in [1.807, 2.05) is 42.5 Å². The third kappa shape index (κ3) is 4.41. The van der Waals surface area contributed by atoms with E-state index in [4.69, 9.17) is 4.74 Å². The van der Waals surface area contributed by atoms with Crippen LogP contribution < -0.4 is 10.1 Å². The standard InChI is InChI=1S/C15H14BrNO2/c1-11(18)17-14-6-3-7-15(9-14)19-10-12-4-2-5-13(16)8-12/h2-9H,10H2,1H3,(H,17,18). The first-order valence-corrected chi connectivity index (χ1v) is 6.68. The Balaban J connectivity index is 2.01. The van der Waals surface area contributed by atoms with Gasteiger partial charge in [0.05, 0.1) is 0 Å². The molecule has 3 nitrogen and oxygen atoms in total. The van der Waals surface area contributed by atoms with Crippen LogP contribution in [0.5, 0.6) is 5.75 Å². The summed E-state index contributed by atoms with van der Waals surface area (Å²) in [6.07, 6.45) is 0. The largest absolute Gasteiger partial charge is 0.489 e. The Hall–Kier alpha value is -1.81. The van der Waals surface area contributed by atoms with E-state index in [-0.39, 0.29) is 5.91 Å². The van der Waals surface area contributed by atoms with Crippen molar-refractivity contribution in [3.63, 3.8) is 0 Å². The maximum atomic E-state index is 11.0. The maximum absolute atomic E-state index is 11.0. The quantitative estimate of drug-likeness (QED) is 0.925. The van der Waals surface area contributed by atoms with Crippen LogP contribution in [0.1, 0.15) is 12.5 Å². The Kier molecular flexibility index (Phi) is 4.58. The summed E-state index contributed by atoms with van der Waals surface area (Å²) in [5.41, 5.74) is 1.82. The van der Waals surface area contributed by atoms with Crippen LogP contribution in [0.2, 0.25) is 0 Å². The van der Waals surface area contributed by atoms with E-state index in [1.165, 1.54) is 6.92 Å². The van der Waals surface area contributed by atoms with Gasteiger partial charge < -0.3 is 10.1 Å². The molecule has 1 N–H and O–H groups in total. The van der Waals surface area contributed by atoms with Crippen LogP contribution in [0.15, 0.2) is 53.0 Å². The first kappa shape index (κ1) is 13.6. The van der Waals surface area contributed by atoms with Crippen LogP contribution in [0.3, 0.4) is 0 Å². The molecule has 0 radical (unpaired) electrons. The van der Waals surface area contributed by atoms with Gasteiger partial charge in [-0.05, 0) is 29.8 Å². The van der Waals surface area contributed by atoms with Gasteiger partial charge in [-0.2, -0.15) is 0 Å². The molecule has 0 aromatic heterocycles. The van der Waals surface area contributed by atoms with Crippen molar-refractivity contribution in [1.82, 2.24) is 0 Å². The summed E-state index contributed by atoms with van der Waals surface area (Å²) >= 11 is 3.42. The minimum absolute atomic E-state index is 0.0934. The van der Waals surface area contributed by atoms with Crippen LogP contribution in [0, 0.1) is 0 Å². The van der Waals surface area contributed by atoms with Crippen LogP contribution >= 0.6 is 15.9 Å². The Bertz CT molecular complexity index is 584. The molecule has 2 rings (SSSR count). The van der Waals surface area contributed by atoms with E-state index in [0.717, 1.165) is 21.5 Å². The summed E-state index contributed by atoms with van der Waals surface area (Å²) in [5.74, 6) is 0.635. The topological polar surface area (TPSA) is 38.3 Å². The fourth-order valence-electron chi connectivity index (χ4n) is 1.66. The smallest absolute Gasteiger partial charge is 0.221 e. The van der Waals surface area contributed by atoms with Gasteiger partial charge in [0.1, 0.15) is 12.4 Å². The highest BCUT2D eigenvalue weighted by Crippen LogP contribution is 2.19. The average molecular weight is 320 g/mol. The number of carbonyl (C=O) groups is 1. The van der Waals surface area contributed by atoms with Crippen molar-refractivity contribution in [2.45, 2.75) is 13.5 Å². The van der Waals surface area contributed by atoms with Crippen LogP contribution in [-0.4, -0.2) is 5.91 Å². The number of hydrogen-bond donors (Lipinski definition) is 1. The zero-order valence-corrected chi connectivity index (χ0v) is 12.1. The average Bonchev–Trinajstić information content (AvgIpc) is 2.36. The summed E-state index contributed by atoms with van der Waals surface area (Å²) in [6, 6.07) is 15.3. The van der Waals surface area contributed by atoms with Crippen molar-refractivity contribution in [3.05, 3.63) is 58.6 Å². The predicted molar refractivity (Wildman–Crippen MR) is 79.2 cm³/mol. The molecular weight excluding hydrogens is 306 g/mol. The summed E-state index contributed by atoms with van der Waals surface area (Å²) in [6.45, 7) is 1.97. The van der Waals surface area contributed by atoms with Gasteiger partial charge in [0.15, 0.2) is 0 Å². The zero-order chi connectivity index (χ0) is 13.7. The lowest BCUT2D eigenvalue weighted by Gasteiger charge is -2.08. The zero-order valence-electron chi connectivity index (χ0n) is 10.5. The predicted octanol–water partition coefficient (Wildman–Crippen LogP) is 3.99. The van der Waals surface area contributed by atoms with E-state index < -0.39 is 0 Å². The molecule has 0 bridgehead atoms. The minimum Gasteiger partial charge on any atom is -0.489 e. The number of hydrogen-bond acceptors (Lipinski definition) is 2. The summed E-state index contributed by atoms with van der Waals surface area (Å²) in [5, 5.41) is 2.73. The van der Waals surface area contributed by atoms with Gasteiger partial charge in [-0.3, -0.25) is 4.79 Å². The highest BCUT2D eigenvalue weighted by Gasteiger charge is 2.00. The molecular formula is C15H14BrNO2. The molecule has 0 saturated heterocycles. The molecule has 0 atom stereocenters. The molecule has 0 saturated carbocycles. The van der Waals surface area contributed by atoms with Crippen molar-refractivity contribution in [3.8, 4) is 5.75 Å². The van der Waals surface area contributed by atoms with Crippen LogP contribution in [0.25, 0.3) is 0 Å². The molecule has 0 spiro atoms. The number of carbonyl (C=O) groups excluding carboxylic acids is 1. The number of halogens is 1. The fraction of sp³-hybridized carbons (Fsp3) is 0.133. The molecule has 0 aliphatic rings. The van der Waals surface area contributed by atoms with Crippen molar-refractivity contribution >= 4 is 27.5 Å². The fourth-order valence-corrected chi connectivity index (χ4v) is 2.11. The van der Waals surface area contributed by atoms with E-state index in [2.05, 4.69) is 21.2 Å². The Morgan fingerprint density at radius 3 is 2.74 bits per heavy atom. The lowest BCUT2D eigenvalue weighted by atomic mass is 10.2. The third-order valence-electron chi connectivity index (χ3n) is 2.45. The molecule has 98 valence electrons. The monoisotopic (exact) mass is 319 g/mol. The van der Waals surface area contributed by atoms with Gasteiger partial charge in [-0.25, -0.2) is 0 Å². The van der Waals surface area contributed by atoms with E-state index >= 15 is 0 Å². The van der Waals surface area contributed by atoms with Crippen LogP contribution in [0.4, 0.5) is 5.69 Å². The van der Waals surface area contributed by atoms with Crippen LogP contribution in [-0.2, 0) is 11.4 Å². The summed E-state index contributed by atoms with van der Waals surface area (Å²) in [7, 11) is 0. The minimum atomic E-state index is -0.0934. The SMILES string of the molecule is CC(=O)Nc1cccc(OCc2cccc(Br)c2)c1. The maximum Gasteiger partial charge on any atom is 0.221 e. The molecule has 0 aliphatic carbocycles. The molecule has 1 amide bonds. The Morgan fingerprint density at radius 1 is 1.21 bits per heavy atom. The van der Waals surface area contributed by atoms with Gasteiger partial charge >= 0.3 is 0 Å². The van der Waals surface area contributed by atoms with Gasteiger partial charge in [0.2, 0.25) is 5.91 Å². The number of anilines is 1. The number of nitrogens with one attached hydrogen (secondary N) is 1. The Morgan fingerprint density at radius 2 is 2.00 bits per heavy atom. The normalized spacial score (nSPS) is 10.0. The van der Waals surface area contributed by atoms with Gasteiger partial charge in [0.25, 0.3) is 0 Å². The second-order valence-corrected chi connectivity index (χ2v) is 5.04. The number of rotatable bonds is 4. The molecule has 0 aliphatic heterocycles. The summed E-state index contributed by atoms with van der Waals surface area (Å²) in [4.78, 5) is 11.0. The highest BCUT2D eigenvalue weighted by atomic mass is 79.9. The second kappa shape index (κ2) is 6.38. The van der Waals surface area contributed by atoms with Crippen molar-refractivity contribution in [2.24, 2.45) is 0 Å². The molecule has 0 unspecified atom stereocenters. The Labute approximate surface area is 120 Å². The molecule has 2 aromatic rings. The first-order valence-electron chi connectivity index (χ1n) is 5.88. The molecule has 4 heteroatoms. The number of ether oxygens (including phenoxy) is 1. The third-order valence-corrected chi connectivity index (χ3v) is 2.94. The molecule has 0 heterocycles. The van der Waals surface area contributed by atoms with Crippen molar-refractivity contribution in [1.29, 1.82) is 0 Å². The number of amides is 1. The van der Waals surface area contributed by atoms with Gasteiger partial charge in [-0.15, -0.1) is 0 Å².